The molecule has 0 aromatic carbocycles. The summed E-state index contributed by atoms with van der Waals surface area (Å²) < 4.78 is 5.08. The van der Waals surface area contributed by atoms with Crippen molar-refractivity contribution in [2.45, 2.75) is 19.8 Å². The fourth-order valence-electron chi connectivity index (χ4n) is 2.20. The van der Waals surface area contributed by atoms with Gasteiger partial charge in [0.25, 0.3) is 0 Å². The van der Waals surface area contributed by atoms with Crippen LogP contribution in [0.25, 0.3) is 0 Å². The van der Waals surface area contributed by atoms with Crippen molar-refractivity contribution >= 4 is 11.7 Å². The van der Waals surface area contributed by atoms with Crippen molar-refractivity contribution in [3.05, 3.63) is 24.5 Å². The Morgan fingerprint density at radius 2 is 2.53 bits per heavy atom. The number of pyridine rings is 1. The number of carbonyl (C=O) groups excluding carboxylic acids is 1. The first-order valence-electron chi connectivity index (χ1n) is 6.13. The van der Waals surface area contributed by atoms with Gasteiger partial charge in [0.15, 0.2) is 0 Å². The molecule has 1 atom stereocenters. The molecule has 1 fully saturated rings. The van der Waals surface area contributed by atoms with E-state index in [4.69, 9.17) is 4.74 Å². The van der Waals surface area contributed by atoms with Crippen LogP contribution in [0.3, 0.4) is 0 Å². The number of nitrogens with zero attached hydrogens (tertiary/aromatic N) is 2. The van der Waals surface area contributed by atoms with Gasteiger partial charge < -0.3 is 9.64 Å². The average molecular weight is 234 g/mol. The second kappa shape index (κ2) is 5.66. The van der Waals surface area contributed by atoms with Crippen LogP contribution in [0.1, 0.15) is 19.8 Å². The van der Waals surface area contributed by atoms with Gasteiger partial charge in [0.2, 0.25) is 0 Å². The molecule has 1 aromatic rings. The highest BCUT2D eigenvalue weighted by Crippen LogP contribution is 2.23. The predicted octanol–water partition coefficient (Wildman–Crippen LogP) is 1.86. The highest BCUT2D eigenvalue weighted by atomic mass is 16.5. The van der Waals surface area contributed by atoms with Crippen molar-refractivity contribution in [1.82, 2.24) is 4.98 Å². The van der Waals surface area contributed by atoms with Gasteiger partial charge in [-0.15, -0.1) is 0 Å². The number of aromatic nitrogens is 1. The fraction of sp³-hybridized carbons (Fsp3) is 0.538. The molecule has 92 valence electrons. The summed E-state index contributed by atoms with van der Waals surface area (Å²) in [4.78, 5) is 18.0. The Morgan fingerprint density at radius 3 is 3.24 bits per heavy atom. The molecule has 2 rings (SSSR count). The number of ether oxygens (including phenoxy) is 1. The van der Waals surface area contributed by atoms with Gasteiger partial charge in [-0.05, 0) is 31.9 Å². The van der Waals surface area contributed by atoms with Crippen LogP contribution < -0.4 is 4.90 Å². The topological polar surface area (TPSA) is 42.4 Å². The lowest BCUT2D eigenvalue weighted by Gasteiger charge is -2.32. The molecule has 0 spiro atoms. The van der Waals surface area contributed by atoms with Crippen LogP contribution >= 0.6 is 0 Å². The van der Waals surface area contributed by atoms with Crippen molar-refractivity contribution in [3.8, 4) is 0 Å². The van der Waals surface area contributed by atoms with E-state index >= 15 is 0 Å². The standard InChI is InChI=1S/C13H18N2O2/c1-2-17-13(16)11-5-4-8-15(10-11)12-6-3-7-14-9-12/h3,6-7,9,11H,2,4-5,8,10H2,1H3. The van der Waals surface area contributed by atoms with Gasteiger partial charge in [-0.2, -0.15) is 0 Å². The minimum absolute atomic E-state index is 0.00362. The summed E-state index contributed by atoms with van der Waals surface area (Å²) in [6.07, 6.45) is 5.55. The molecular weight excluding hydrogens is 216 g/mol. The van der Waals surface area contributed by atoms with E-state index in [0.29, 0.717) is 6.61 Å². The Hall–Kier alpha value is -1.58. The molecule has 4 heteroatoms. The maximum atomic E-state index is 11.7. The zero-order valence-electron chi connectivity index (χ0n) is 10.1. The summed E-state index contributed by atoms with van der Waals surface area (Å²) in [5, 5.41) is 0. The largest absolute Gasteiger partial charge is 0.466 e. The molecule has 0 saturated carbocycles. The van der Waals surface area contributed by atoms with Crippen LogP contribution in [-0.4, -0.2) is 30.6 Å². The van der Waals surface area contributed by atoms with Crippen molar-refractivity contribution in [2.75, 3.05) is 24.6 Å². The lowest BCUT2D eigenvalue weighted by atomic mass is 9.98. The maximum Gasteiger partial charge on any atom is 0.310 e. The Labute approximate surface area is 102 Å². The van der Waals surface area contributed by atoms with Gasteiger partial charge in [0.1, 0.15) is 0 Å². The van der Waals surface area contributed by atoms with E-state index < -0.39 is 0 Å². The molecule has 1 aromatic heterocycles. The van der Waals surface area contributed by atoms with Gasteiger partial charge in [-0.3, -0.25) is 9.78 Å². The van der Waals surface area contributed by atoms with Crippen LogP contribution in [0, 0.1) is 5.92 Å². The van der Waals surface area contributed by atoms with Gasteiger partial charge in [0.05, 0.1) is 24.4 Å². The molecule has 4 nitrogen and oxygen atoms in total. The molecule has 1 aliphatic heterocycles. The Kier molecular flexibility index (Phi) is 3.96. The number of rotatable bonds is 3. The predicted molar refractivity (Wildman–Crippen MR) is 65.8 cm³/mol. The Morgan fingerprint density at radius 1 is 1.65 bits per heavy atom. The molecule has 17 heavy (non-hydrogen) atoms. The Bertz CT molecular complexity index is 367. The highest BCUT2D eigenvalue weighted by Gasteiger charge is 2.26. The van der Waals surface area contributed by atoms with E-state index in [9.17, 15) is 4.79 Å². The second-order valence-electron chi connectivity index (χ2n) is 4.25. The smallest absolute Gasteiger partial charge is 0.310 e. The van der Waals surface area contributed by atoms with Crippen LogP contribution in [0.15, 0.2) is 24.5 Å². The fourth-order valence-corrected chi connectivity index (χ4v) is 2.20. The van der Waals surface area contributed by atoms with E-state index in [1.807, 2.05) is 25.3 Å². The molecule has 0 N–H and O–H groups in total. The summed E-state index contributed by atoms with van der Waals surface area (Å²) in [7, 11) is 0. The van der Waals surface area contributed by atoms with E-state index in [1.165, 1.54) is 0 Å². The monoisotopic (exact) mass is 234 g/mol. The molecule has 0 aliphatic carbocycles. The van der Waals surface area contributed by atoms with Crippen LogP contribution in [0.4, 0.5) is 5.69 Å². The molecule has 1 saturated heterocycles. The quantitative estimate of drug-likeness (QED) is 0.749. The number of hydrogen-bond acceptors (Lipinski definition) is 4. The first kappa shape index (κ1) is 11.9. The lowest BCUT2D eigenvalue weighted by molar-refractivity contribution is -0.148. The normalized spacial score (nSPS) is 20.1. The van der Waals surface area contributed by atoms with Crippen molar-refractivity contribution in [1.29, 1.82) is 0 Å². The number of carbonyl (C=O) groups is 1. The van der Waals surface area contributed by atoms with E-state index in [-0.39, 0.29) is 11.9 Å². The molecule has 0 bridgehead atoms. The minimum Gasteiger partial charge on any atom is -0.466 e. The molecule has 1 unspecified atom stereocenters. The maximum absolute atomic E-state index is 11.7. The van der Waals surface area contributed by atoms with E-state index in [2.05, 4.69) is 9.88 Å². The van der Waals surface area contributed by atoms with Gasteiger partial charge in [-0.25, -0.2) is 0 Å². The summed E-state index contributed by atoms with van der Waals surface area (Å²) >= 11 is 0. The number of esters is 1. The number of piperidine rings is 1. The molecule has 1 aliphatic rings. The van der Waals surface area contributed by atoms with Gasteiger partial charge >= 0.3 is 5.97 Å². The SMILES string of the molecule is CCOC(=O)C1CCCN(c2cccnc2)C1. The zero-order chi connectivity index (χ0) is 12.1. The van der Waals surface area contributed by atoms with Crippen LogP contribution in [0.5, 0.6) is 0 Å². The third-order valence-electron chi connectivity index (χ3n) is 3.05. The second-order valence-corrected chi connectivity index (χ2v) is 4.25. The lowest BCUT2D eigenvalue weighted by Crippen LogP contribution is -2.39. The average Bonchev–Trinajstić information content (AvgIpc) is 2.40. The van der Waals surface area contributed by atoms with Crippen LogP contribution in [-0.2, 0) is 9.53 Å². The summed E-state index contributed by atoms with van der Waals surface area (Å²) in [5.74, 6) is -0.0648. The van der Waals surface area contributed by atoms with Crippen LogP contribution in [0.2, 0.25) is 0 Å². The summed E-state index contributed by atoms with van der Waals surface area (Å²) in [5.41, 5.74) is 1.08. The van der Waals surface area contributed by atoms with Gasteiger partial charge in [-0.1, -0.05) is 0 Å². The molecule has 0 radical (unpaired) electrons. The molecule has 0 amide bonds. The molecular formula is C13H18N2O2. The third kappa shape index (κ3) is 2.96. The minimum atomic E-state index is -0.0684. The Balaban J connectivity index is 2.00. The van der Waals surface area contributed by atoms with Crippen molar-refractivity contribution in [2.24, 2.45) is 5.92 Å². The van der Waals surface area contributed by atoms with E-state index in [1.54, 1.807) is 6.20 Å². The molecule has 2 heterocycles. The van der Waals surface area contributed by atoms with Gasteiger partial charge in [0, 0.05) is 19.3 Å². The van der Waals surface area contributed by atoms with Crippen molar-refractivity contribution < 1.29 is 9.53 Å². The first-order valence-corrected chi connectivity index (χ1v) is 6.13. The zero-order valence-corrected chi connectivity index (χ0v) is 10.1. The summed E-state index contributed by atoms with van der Waals surface area (Å²) in [6, 6.07) is 3.95. The van der Waals surface area contributed by atoms with E-state index in [0.717, 1.165) is 31.6 Å². The summed E-state index contributed by atoms with van der Waals surface area (Å²) in [6.45, 7) is 4.04. The van der Waals surface area contributed by atoms with Crippen molar-refractivity contribution in [3.63, 3.8) is 0 Å². The number of anilines is 1. The highest BCUT2D eigenvalue weighted by molar-refractivity contribution is 5.73. The third-order valence-corrected chi connectivity index (χ3v) is 3.05. The number of hydrogen-bond donors (Lipinski definition) is 0. The first-order chi connectivity index (χ1) is 8.31.